The lowest BCUT2D eigenvalue weighted by Gasteiger charge is -2.29. The van der Waals surface area contributed by atoms with Gasteiger partial charge in [0, 0.05) is 22.9 Å². The summed E-state index contributed by atoms with van der Waals surface area (Å²) in [4.78, 5) is 27.5. The molecule has 1 N–H and O–H groups in total. The highest BCUT2D eigenvalue weighted by atomic mass is 79.9. The van der Waals surface area contributed by atoms with E-state index >= 15 is 0 Å². The maximum absolute atomic E-state index is 11.8. The molecule has 1 saturated carbocycles. The van der Waals surface area contributed by atoms with E-state index < -0.39 is 5.97 Å². The van der Waals surface area contributed by atoms with Crippen LogP contribution in [0, 0.1) is 5.92 Å². The van der Waals surface area contributed by atoms with E-state index in [1.165, 1.54) is 12.6 Å². The lowest BCUT2D eigenvalue weighted by atomic mass is 9.86. The Hall–Kier alpha value is -1.43. The molecule has 114 valence electrons. The fourth-order valence-electron chi connectivity index (χ4n) is 2.52. The summed E-state index contributed by atoms with van der Waals surface area (Å²) in [6, 6.07) is 1.80. The van der Waals surface area contributed by atoms with Crippen molar-refractivity contribution < 1.29 is 14.3 Å². The number of nitrogens with one attached hydrogen (secondary N) is 1. The average Bonchev–Trinajstić information content (AvgIpc) is 2.47. The summed E-state index contributed by atoms with van der Waals surface area (Å²) in [5.41, 5.74) is 0.322. The molecule has 0 radical (unpaired) electrons. The largest absolute Gasteiger partial charge is 0.452 e. The van der Waals surface area contributed by atoms with Gasteiger partial charge in [-0.2, -0.15) is 0 Å². The predicted octanol–water partition coefficient (Wildman–Crippen LogP) is 2.70. The van der Waals surface area contributed by atoms with E-state index in [-0.39, 0.29) is 18.6 Å². The first kappa shape index (κ1) is 15.9. The summed E-state index contributed by atoms with van der Waals surface area (Å²) in [7, 11) is 0. The van der Waals surface area contributed by atoms with Crippen molar-refractivity contribution in [3.8, 4) is 0 Å². The number of hydrogen-bond acceptors (Lipinski definition) is 4. The molecule has 1 amide bonds. The third-order valence-corrected chi connectivity index (χ3v) is 4.17. The molecule has 1 heterocycles. The number of hydrogen-bond donors (Lipinski definition) is 1. The number of carbonyl (C=O) groups excluding carboxylic acids is 2. The topological polar surface area (TPSA) is 68.3 Å². The van der Waals surface area contributed by atoms with Crippen molar-refractivity contribution in [2.75, 3.05) is 6.61 Å². The number of rotatable bonds is 4. The number of carbonyl (C=O) groups is 2. The van der Waals surface area contributed by atoms with Gasteiger partial charge in [0.05, 0.1) is 5.56 Å². The second kappa shape index (κ2) is 7.54. The van der Waals surface area contributed by atoms with Crippen LogP contribution in [-0.4, -0.2) is 29.5 Å². The van der Waals surface area contributed by atoms with E-state index in [2.05, 4.69) is 33.2 Å². The Morgan fingerprint density at radius 3 is 2.86 bits per heavy atom. The summed E-state index contributed by atoms with van der Waals surface area (Å²) in [6.07, 6.45) is 7.48. The molecule has 0 spiro atoms. The van der Waals surface area contributed by atoms with Crippen LogP contribution in [0.1, 0.15) is 43.0 Å². The quantitative estimate of drug-likeness (QED) is 0.844. The normalized spacial score (nSPS) is 21.6. The minimum Gasteiger partial charge on any atom is -0.452 e. The first-order valence-electron chi connectivity index (χ1n) is 7.13. The second-order valence-corrected chi connectivity index (χ2v) is 6.32. The maximum atomic E-state index is 11.8. The van der Waals surface area contributed by atoms with Gasteiger partial charge in [-0.05, 0) is 40.8 Å². The molecule has 1 fully saturated rings. The van der Waals surface area contributed by atoms with Crippen molar-refractivity contribution in [1.82, 2.24) is 10.3 Å². The van der Waals surface area contributed by atoms with Gasteiger partial charge >= 0.3 is 5.97 Å². The number of ether oxygens (including phenoxy) is 1. The Labute approximate surface area is 132 Å². The summed E-state index contributed by atoms with van der Waals surface area (Å²) in [5.74, 6) is -0.312. The van der Waals surface area contributed by atoms with Crippen LogP contribution < -0.4 is 5.32 Å². The van der Waals surface area contributed by atoms with Crippen molar-refractivity contribution in [2.24, 2.45) is 5.92 Å². The van der Waals surface area contributed by atoms with Gasteiger partial charge in [-0.3, -0.25) is 9.78 Å². The number of aromatic nitrogens is 1. The van der Waals surface area contributed by atoms with Gasteiger partial charge in [0.1, 0.15) is 0 Å². The third kappa shape index (κ3) is 4.81. The summed E-state index contributed by atoms with van der Waals surface area (Å²) in [6.45, 7) is 1.89. The molecule has 1 aromatic heterocycles. The van der Waals surface area contributed by atoms with Gasteiger partial charge < -0.3 is 10.1 Å². The van der Waals surface area contributed by atoms with E-state index in [0.717, 1.165) is 19.3 Å². The lowest BCUT2D eigenvalue weighted by molar-refractivity contribution is -0.125. The fourth-order valence-corrected chi connectivity index (χ4v) is 2.88. The van der Waals surface area contributed by atoms with Gasteiger partial charge in [-0.25, -0.2) is 4.79 Å². The van der Waals surface area contributed by atoms with Gasteiger partial charge in [-0.1, -0.05) is 19.8 Å². The molecule has 2 rings (SSSR count). The summed E-state index contributed by atoms with van der Waals surface area (Å²) in [5, 5.41) is 2.95. The molecule has 0 aliphatic heterocycles. The zero-order valence-electron chi connectivity index (χ0n) is 12.0. The molecule has 21 heavy (non-hydrogen) atoms. The van der Waals surface area contributed by atoms with Crippen LogP contribution in [-0.2, 0) is 9.53 Å². The molecule has 0 saturated heterocycles. The molecular formula is C15H19BrN2O3. The highest BCUT2D eigenvalue weighted by Crippen LogP contribution is 2.23. The van der Waals surface area contributed by atoms with Crippen LogP contribution >= 0.6 is 15.9 Å². The zero-order valence-corrected chi connectivity index (χ0v) is 13.6. The van der Waals surface area contributed by atoms with Crippen molar-refractivity contribution in [3.63, 3.8) is 0 Å². The van der Waals surface area contributed by atoms with Gasteiger partial charge in [0.25, 0.3) is 5.91 Å². The van der Waals surface area contributed by atoms with Crippen LogP contribution in [0.4, 0.5) is 0 Å². The smallest absolute Gasteiger partial charge is 0.340 e. The zero-order chi connectivity index (χ0) is 15.2. The van der Waals surface area contributed by atoms with Crippen molar-refractivity contribution in [2.45, 2.75) is 38.6 Å². The first-order chi connectivity index (χ1) is 10.1. The van der Waals surface area contributed by atoms with E-state index in [9.17, 15) is 9.59 Å². The molecule has 0 unspecified atom stereocenters. The highest BCUT2D eigenvalue weighted by Gasteiger charge is 2.23. The van der Waals surface area contributed by atoms with E-state index in [1.54, 1.807) is 12.3 Å². The van der Waals surface area contributed by atoms with Crippen LogP contribution in [0.2, 0.25) is 0 Å². The summed E-state index contributed by atoms with van der Waals surface area (Å²) < 4.78 is 5.70. The Bertz CT molecular complexity index is 521. The Morgan fingerprint density at radius 2 is 2.14 bits per heavy atom. The molecule has 5 nitrogen and oxygen atoms in total. The van der Waals surface area contributed by atoms with Crippen molar-refractivity contribution in [1.29, 1.82) is 0 Å². The minimum atomic E-state index is -0.546. The fraction of sp³-hybridized carbons (Fsp3) is 0.533. The third-order valence-electron chi connectivity index (χ3n) is 3.73. The van der Waals surface area contributed by atoms with Gasteiger partial charge in [0.15, 0.2) is 6.61 Å². The molecule has 1 aliphatic rings. The molecule has 0 bridgehead atoms. The maximum Gasteiger partial charge on any atom is 0.340 e. The predicted molar refractivity (Wildman–Crippen MR) is 81.8 cm³/mol. The van der Waals surface area contributed by atoms with E-state index in [1.807, 2.05) is 0 Å². The average molecular weight is 355 g/mol. The standard InChI is InChI=1S/C15H19BrN2O3/c1-10-4-2-3-5-13(10)18-14(19)9-21-15(20)11-6-12(16)8-17-7-11/h6-8,10,13H,2-5,9H2,1H3,(H,18,19)/t10-,13-/m1/s1. The Kier molecular flexibility index (Phi) is 5.73. The van der Waals surface area contributed by atoms with Crippen molar-refractivity contribution in [3.05, 3.63) is 28.5 Å². The number of pyridine rings is 1. The van der Waals surface area contributed by atoms with E-state index in [0.29, 0.717) is 16.0 Å². The van der Waals surface area contributed by atoms with Crippen LogP contribution in [0.5, 0.6) is 0 Å². The molecule has 1 aliphatic carbocycles. The van der Waals surface area contributed by atoms with Crippen LogP contribution in [0.3, 0.4) is 0 Å². The number of esters is 1. The van der Waals surface area contributed by atoms with E-state index in [4.69, 9.17) is 4.74 Å². The Balaban J connectivity index is 1.79. The number of halogens is 1. The minimum absolute atomic E-state index is 0.192. The number of amides is 1. The van der Waals surface area contributed by atoms with Gasteiger partial charge in [-0.15, -0.1) is 0 Å². The SMILES string of the molecule is C[C@@H]1CCCC[C@H]1NC(=O)COC(=O)c1cncc(Br)c1. The first-order valence-corrected chi connectivity index (χ1v) is 7.92. The molecule has 2 atom stereocenters. The lowest BCUT2D eigenvalue weighted by Crippen LogP contribution is -2.42. The molecular weight excluding hydrogens is 336 g/mol. The van der Waals surface area contributed by atoms with Gasteiger partial charge in [0.2, 0.25) is 0 Å². The Morgan fingerprint density at radius 1 is 1.38 bits per heavy atom. The number of nitrogens with zero attached hydrogens (tertiary/aromatic N) is 1. The van der Waals surface area contributed by atoms with Crippen LogP contribution in [0.25, 0.3) is 0 Å². The summed E-state index contributed by atoms with van der Waals surface area (Å²) >= 11 is 3.23. The molecule has 6 heteroatoms. The molecule has 1 aromatic rings. The second-order valence-electron chi connectivity index (χ2n) is 5.40. The monoisotopic (exact) mass is 354 g/mol. The molecule has 0 aromatic carbocycles. The van der Waals surface area contributed by atoms with Crippen LogP contribution in [0.15, 0.2) is 22.9 Å². The highest BCUT2D eigenvalue weighted by molar-refractivity contribution is 9.10. The van der Waals surface area contributed by atoms with Crippen molar-refractivity contribution >= 4 is 27.8 Å².